The minimum absolute atomic E-state index is 0.481. The van der Waals surface area contributed by atoms with E-state index in [1.807, 2.05) is 48.5 Å². The van der Waals surface area contributed by atoms with Crippen LogP contribution in [0.2, 0.25) is 5.02 Å². The molecule has 4 nitrogen and oxygen atoms in total. The molecule has 0 saturated carbocycles. The second-order valence-electron chi connectivity index (χ2n) is 5.01. The van der Waals surface area contributed by atoms with Gasteiger partial charge in [0.15, 0.2) is 5.65 Å². The van der Waals surface area contributed by atoms with Crippen LogP contribution in [0.4, 0.5) is 0 Å². The van der Waals surface area contributed by atoms with Gasteiger partial charge in [-0.1, -0.05) is 48.0 Å². The molecule has 0 radical (unpaired) electrons. The molecule has 0 spiro atoms. The first-order valence-corrected chi connectivity index (χ1v) is 7.51. The van der Waals surface area contributed by atoms with Gasteiger partial charge in [0.2, 0.25) is 5.88 Å². The van der Waals surface area contributed by atoms with E-state index in [9.17, 15) is 0 Å². The molecule has 0 aliphatic carbocycles. The molecule has 0 aliphatic heterocycles. The van der Waals surface area contributed by atoms with Crippen LogP contribution < -0.4 is 4.74 Å². The van der Waals surface area contributed by atoms with Crippen LogP contribution in [0.25, 0.3) is 16.9 Å². The van der Waals surface area contributed by atoms with Crippen LogP contribution in [-0.2, 0) is 0 Å². The standard InChI is InChI=1S/C18H12ClN3O/c19-14-7-4-8-15(11-14)23-18-10-9-17-20-12-16(22(17)21-18)13-5-2-1-3-6-13/h1-12H. The molecule has 4 rings (SSSR count). The summed E-state index contributed by atoms with van der Waals surface area (Å²) < 4.78 is 7.56. The van der Waals surface area contributed by atoms with Gasteiger partial charge in [0, 0.05) is 16.7 Å². The van der Waals surface area contributed by atoms with E-state index >= 15 is 0 Å². The van der Waals surface area contributed by atoms with E-state index in [2.05, 4.69) is 10.1 Å². The summed E-state index contributed by atoms with van der Waals surface area (Å²) in [6.07, 6.45) is 1.81. The number of hydrogen-bond donors (Lipinski definition) is 0. The highest BCUT2D eigenvalue weighted by Crippen LogP contribution is 2.25. The summed E-state index contributed by atoms with van der Waals surface area (Å²) in [7, 11) is 0. The SMILES string of the molecule is Clc1cccc(Oc2ccc3ncc(-c4ccccc4)n3n2)c1. The Bertz CT molecular complexity index is 966. The smallest absolute Gasteiger partial charge is 0.237 e. The third-order valence-corrected chi connectivity index (χ3v) is 3.66. The average molecular weight is 322 g/mol. The molecule has 0 amide bonds. The third-order valence-electron chi connectivity index (χ3n) is 3.43. The maximum atomic E-state index is 5.98. The number of benzene rings is 2. The Balaban J connectivity index is 1.75. The van der Waals surface area contributed by atoms with Crippen molar-refractivity contribution in [3.8, 4) is 22.9 Å². The molecule has 23 heavy (non-hydrogen) atoms. The molecule has 0 unspecified atom stereocenters. The number of hydrogen-bond acceptors (Lipinski definition) is 3. The predicted octanol–water partition coefficient (Wildman–Crippen LogP) is 4.84. The molecule has 2 heterocycles. The normalized spacial score (nSPS) is 10.8. The number of imidazole rings is 1. The first-order valence-electron chi connectivity index (χ1n) is 7.13. The van der Waals surface area contributed by atoms with Crippen molar-refractivity contribution < 1.29 is 4.74 Å². The van der Waals surface area contributed by atoms with Gasteiger partial charge in [-0.05, 0) is 24.3 Å². The van der Waals surface area contributed by atoms with Crippen LogP contribution in [0.5, 0.6) is 11.6 Å². The van der Waals surface area contributed by atoms with Crippen LogP contribution in [0, 0.1) is 0 Å². The van der Waals surface area contributed by atoms with Gasteiger partial charge >= 0.3 is 0 Å². The molecule has 2 aromatic carbocycles. The van der Waals surface area contributed by atoms with Crippen molar-refractivity contribution in [2.75, 3.05) is 0 Å². The minimum Gasteiger partial charge on any atom is -0.438 e. The first kappa shape index (κ1) is 13.8. The van der Waals surface area contributed by atoms with E-state index in [-0.39, 0.29) is 0 Å². The Morgan fingerprint density at radius 3 is 2.61 bits per heavy atom. The summed E-state index contributed by atoms with van der Waals surface area (Å²) in [5.74, 6) is 1.13. The van der Waals surface area contributed by atoms with Gasteiger partial charge in [0.05, 0.1) is 11.9 Å². The highest BCUT2D eigenvalue weighted by Gasteiger charge is 2.08. The fraction of sp³-hybridized carbons (Fsp3) is 0. The van der Waals surface area contributed by atoms with Crippen molar-refractivity contribution in [1.29, 1.82) is 0 Å². The zero-order chi connectivity index (χ0) is 15.6. The molecule has 0 bridgehead atoms. The number of halogens is 1. The number of rotatable bonds is 3. The number of aromatic nitrogens is 3. The molecule has 5 heteroatoms. The van der Waals surface area contributed by atoms with Gasteiger partial charge in [0.1, 0.15) is 5.75 Å². The lowest BCUT2D eigenvalue weighted by atomic mass is 10.2. The van der Waals surface area contributed by atoms with E-state index in [1.165, 1.54) is 0 Å². The zero-order valence-electron chi connectivity index (χ0n) is 12.1. The predicted molar refractivity (Wildman–Crippen MR) is 89.9 cm³/mol. The van der Waals surface area contributed by atoms with Crippen LogP contribution >= 0.6 is 11.6 Å². The zero-order valence-corrected chi connectivity index (χ0v) is 12.8. The van der Waals surface area contributed by atoms with E-state index in [4.69, 9.17) is 16.3 Å². The summed E-state index contributed by atoms with van der Waals surface area (Å²) >= 11 is 5.98. The van der Waals surface area contributed by atoms with Crippen molar-refractivity contribution in [1.82, 2.24) is 14.6 Å². The Morgan fingerprint density at radius 2 is 1.78 bits per heavy atom. The Morgan fingerprint density at radius 1 is 0.913 bits per heavy atom. The molecular weight excluding hydrogens is 310 g/mol. The van der Waals surface area contributed by atoms with Crippen LogP contribution in [0.15, 0.2) is 72.9 Å². The van der Waals surface area contributed by atoms with Crippen molar-refractivity contribution in [3.05, 3.63) is 77.9 Å². The topological polar surface area (TPSA) is 39.4 Å². The molecule has 0 fully saturated rings. The van der Waals surface area contributed by atoms with Crippen LogP contribution in [-0.4, -0.2) is 14.6 Å². The summed E-state index contributed by atoms with van der Waals surface area (Å²) in [4.78, 5) is 4.38. The summed E-state index contributed by atoms with van der Waals surface area (Å²) in [5, 5.41) is 5.15. The molecule has 4 aromatic rings. The van der Waals surface area contributed by atoms with Crippen molar-refractivity contribution >= 4 is 17.2 Å². The van der Waals surface area contributed by atoms with Gasteiger partial charge in [0.25, 0.3) is 0 Å². The molecular formula is C18H12ClN3O. The summed E-state index contributed by atoms with van der Waals surface area (Å²) in [6, 6.07) is 20.9. The molecule has 0 saturated heterocycles. The Labute approximate surface area is 137 Å². The minimum atomic E-state index is 0.481. The number of nitrogens with zero attached hydrogens (tertiary/aromatic N) is 3. The highest BCUT2D eigenvalue weighted by atomic mass is 35.5. The van der Waals surface area contributed by atoms with Gasteiger partial charge in [-0.25, -0.2) is 9.50 Å². The lowest BCUT2D eigenvalue weighted by Crippen LogP contribution is -1.97. The molecule has 0 atom stereocenters. The number of fused-ring (bicyclic) bond motifs is 1. The molecule has 0 N–H and O–H groups in total. The Hall–Kier alpha value is -2.85. The maximum absolute atomic E-state index is 5.98. The largest absolute Gasteiger partial charge is 0.438 e. The monoisotopic (exact) mass is 321 g/mol. The van der Waals surface area contributed by atoms with Crippen molar-refractivity contribution in [3.63, 3.8) is 0 Å². The van der Waals surface area contributed by atoms with Crippen molar-refractivity contribution in [2.45, 2.75) is 0 Å². The average Bonchev–Trinajstić information content (AvgIpc) is 2.99. The van der Waals surface area contributed by atoms with E-state index in [0.717, 1.165) is 16.9 Å². The highest BCUT2D eigenvalue weighted by molar-refractivity contribution is 6.30. The fourth-order valence-corrected chi connectivity index (χ4v) is 2.55. The van der Waals surface area contributed by atoms with Crippen LogP contribution in [0.3, 0.4) is 0 Å². The van der Waals surface area contributed by atoms with Gasteiger partial charge in [-0.15, -0.1) is 5.10 Å². The van der Waals surface area contributed by atoms with E-state index in [0.29, 0.717) is 16.7 Å². The first-order chi connectivity index (χ1) is 11.3. The summed E-state index contributed by atoms with van der Waals surface area (Å²) in [6.45, 7) is 0. The number of ether oxygens (including phenoxy) is 1. The van der Waals surface area contributed by atoms with E-state index in [1.54, 1.807) is 28.9 Å². The van der Waals surface area contributed by atoms with Gasteiger partial charge < -0.3 is 4.74 Å². The molecule has 0 aliphatic rings. The summed E-state index contributed by atoms with van der Waals surface area (Å²) in [5.41, 5.74) is 2.73. The third kappa shape index (κ3) is 2.76. The van der Waals surface area contributed by atoms with E-state index < -0.39 is 0 Å². The second-order valence-corrected chi connectivity index (χ2v) is 5.45. The maximum Gasteiger partial charge on any atom is 0.237 e. The molecule has 2 aromatic heterocycles. The Kier molecular flexibility index (Phi) is 3.44. The van der Waals surface area contributed by atoms with Gasteiger partial charge in [-0.3, -0.25) is 0 Å². The fourth-order valence-electron chi connectivity index (χ4n) is 2.37. The molecule has 112 valence electrons. The van der Waals surface area contributed by atoms with Crippen molar-refractivity contribution in [2.24, 2.45) is 0 Å². The second kappa shape index (κ2) is 5.74. The lowest BCUT2D eigenvalue weighted by molar-refractivity contribution is 0.453. The van der Waals surface area contributed by atoms with Gasteiger partial charge in [-0.2, -0.15) is 0 Å². The lowest BCUT2D eigenvalue weighted by Gasteiger charge is -2.06. The quantitative estimate of drug-likeness (QED) is 0.542. The van der Waals surface area contributed by atoms with Crippen LogP contribution in [0.1, 0.15) is 0 Å².